The number of hydrogen-bond acceptors (Lipinski definition) is 2. The van der Waals surface area contributed by atoms with Crippen molar-refractivity contribution in [2.45, 2.75) is 18.9 Å². The molecule has 0 aromatic carbocycles. The minimum atomic E-state index is 0. The van der Waals surface area contributed by atoms with Gasteiger partial charge in [-0.05, 0) is 38.4 Å². The highest BCUT2D eigenvalue weighted by Gasteiger charge is 2.37. The molecule has 2 unspecified atom stereocenters. The Kier molecular flexibility index (Phi) is 4.17. The highest BCUT2D eigenvalue weighted by Crippen LogP contribution is 2.30. The van der Waals surface area contributed by atoms with Crippen LogP contribution in [-0.4, -0.2) is 48.4 Å². The molecule has 1 amide bonds. The van der Waals surface area contributed by atoms with Gasteiger partial charge >= 0.3 is 0 Å². The number of hydrogen-bond donors (Lipinski definition) is 0. The average Bonchev–Trinajstić information content (AvgIpc) is 2.59. The lowest BCUT2D eigenvalue weighted by Crippen LogP contribution is -2.48. The summed E-state index contributed by atoms with van der Waals surface area (Å²) < 4.78 is 0. The number of carbonyl (C=O) groups is 1. The lowest BCUT2D eigenvalue weighted by Gasteiger charge is -2.36. The van der Waals surface area contributed by atoms with Crippen LogP contribution in [0.2, 0.25) is 0 Å². The van der Waals surface area contributed by atoms with Crippen LogP contribution in [0.4, 0.5) is 0 Å². The molecule has 0 saturated carbocycles. The number of amides is 1. The van der Waals surface area contributed by atoms with Crippen molar-refractivity contribution in [3.8, 4) is 0 Å². The Balaban J connectivity index is 0.00000112. The Morgan fingerprint density at radius 1 is 1.40 bits per heavy atom. The molecule has 0 aliphatic carbocycles. The van der Waals surface area contributed by atoms with Crippen molar-refractivity contribution in [2.75, 3.05) is 26.7 Å². The van der Waals surface area contributed by atoms with E-state index in [9.17, 15) is 4.79 Å². The summed E-state index contributed by atoms with van der Waals surface area (Å²) in [5.41, 5.74) is 0. The summed E-state index contributed by atoms with van der Waals surface area (Å²) in [5, 5.41) is 0. The van der Waals surface area contributed by atoms with Gasteiger partial charge in [0, 0.05) is 19.1 Å². The molecule has 2 rings (SSSR count). The first-order valence-electron chi connectivity index (χ1n) is 5.34. The number of likely N-dealkylation sites (N-methyl/N-ethyl adjacent to an activating group) is 1. The Labute approximate surface area is 97.5 Å². The van der Waals surface area contributed by atoms with Gasteiger partial charge in [-0.2, -0.15) is 0 Å². The summed E-state index contributed by atoms with van der Waals surface area (Å²) in [5.74, 6) is 0.901. The van der Waals surface area contributed by atoms with Crippen LogP contribution >= 0.6 is 12.4 Å². The van der Waals surface area contributed by atoms with Crippen molar-refractivity contribution >= 4 is 18.3 Å². The normalized spacial score (nSPS) is 30.6. The van der Waals surface area contributed by atoms with Gasteiger partial charge in [0.25, 0.3) is 0 Å². The molecule has 0 bridgehead atoms. The van der Waals surface area contributed by atoms with E-state index in [2.05, 4.69) is 18.5 Å². The second-order valence-electron chi connectivity index (χ2n) is 4.37. The minimum absolute atomic E-state index is 0. The number of carbonyl (C=O) groups excluding carboxylic acids is 1. The van der Waals surface area contributed by atoms with Crippen molar-refractivity contribution in [3.63, 3.8) is 0 Å². The van der Waals surface area contributed by atoms with E-state index in [4.69, 9.17) is 0 Å². The standard InChI is InChI=1S/C11H18N2O.ClH/c1-3-11(14)13-7-5-9-4-6-12(2)10(9)8-13;/h3,9-10H,1,4-8H2,2H3;1H. The summed E-state index contributed by atoms with van der Waals surface area (Å²) in [7, 11) is 2.16. The van der Waals surface area contributed by atoms with E-state index in [1.165, 1.54) is 19.0 Å². The van der Waals surface area contributed by atoms with Gasteiger partial charge in [0.05, 0.1) is 0 Å². The summed E-state index contributed by atoms with van der Waals surface area (Å²) in [4.78, 5) is 15.8. The maximum Gasteiger partial charge on any atom is 0.246 e. The first-order chi connectivity index (χ1) is 6.72. The fraction of sp³-hybridized carbons (Fsp3) is 0.727. The molecule has 2 atom stereocenters. The van der Waals surface area contributed by atoms with Crippen LogP contribution in [-0.2, 0) is 4.79 Å². The lowest BCUT2D eigenvalue weighted by molar-refractivity contribution is -0.128. The molecule has 0 aromatic heterocycles. The van der Waals surface area contributed by atoms with Gasteiger partial charge in [-0.25, -0.2) is 0 Å². The number of piperidine rings is 1. The highest BCUT2D eigenvalue weighted by molar-refractivity contribution is 5.87. The van der Waals surface area contributed by atoms with Crippen LogP contribution in [0.25, 0.3) is 0 Å². The fourth-order valence-electron chi connectivity index (χ4n) is 2.68. The summed E-state index contributed by atoms with van der Waals surface area (Å²) in [6.07, 6.45) is 3.89. The zero-order valence-electron chi connectivity index (χ0n) is 9.19. The number of halogens is 1. The predicted octanol–water partition coefficient (Wildman–Crippen LogP) is 1.15. The number of nitrogens with zero attached hydrogens (tertiary/aromatic N) is 2. The van der Waals surface area contributed by atoms with Crippen molar-refractivity contribution < 1.29 is 4.79 Å². The maximum absolute atomic E-state index is 11.5. The van der Waals surface area contributed by atoms with Crippen LogP contribution in [0, 0.1) is 5.92 Å². The Hall–Kier alpha value is -0.540. The van der Waals surface area contributed by atoms with Gasteiger partial charge in [0.15, 0.2) is 0 Å². The largest absolute Gasteiger partial charge is 0.338 e. The first kappa shape index (κ1) is 12.5. The Morgan fingerprint density at radius 2 is 2.07 bits per heavy atom. The molecule has 2 saturated heterocycles. The topological polar surface area (TPSA) is 23.6 Å². The smallest absolute Gasteiger partial charge is 0.246 e. The van der Waals surface area contributed by atoms with Gasteiger partial charge in [-0.3, -0.25) is 4.79 Å². The molecule has 2 fully saturated rings. The van der Waals surface area contributed by atoms with Gasteiger partial charge < -0.3 is 9.80 Å². The zero-order valence-corrected chi connectivity index (χ0v) is 10.0. The predicted molar refractivity (Wildman–Crippen MR) is 63.2 cm³/mol. The molecule has 0 spiro atoms. The summed E-state index contributed by atoms with van der Waals surface area (Å²) in [6.45, 7) is 6.53. The molecule has 0 N–H and O–H groups in total. The number of likely N-dealkylation sites (tertiary alicyclic amines) is 2. The number of rotatable bonds is 1. The summed E-state index contributed by atoms with van der Waals surface area (Å²) in [6, 6.07) is 0.590. The van der Waals surface area contributed by atoms with Gasteiger partial charge in [0.2, 0.25) is 5.91 Å². The molecular weight excluding hydrogens is 212 g/mol. The molecule has 2 aliphatic rings. The number of fused-ring (bicyclic) bond motifs is 1. The second-order valence-corrected chi connectivity index (χ2v) is 4.37. The molecule has 4 heteroatoms. The van der Waals surface area contributed by atoms with Crippen LogP contribution in [0.3, 0.4) is 0 Å². The summed E-state index contributed by atoms with van der Waals surface area (Å²) >= 11 is 0. The van der Waals surface area contributed by atoms with Crippen molar-refractivity contribution in [3.05, 3.63) is 12.7 Å². The van der Waals surface area contributed by atoms with E-state index in [0.29, 0.717) is 6.04 Å². The third-order valence-electron chi connectivity index (χ3n) is 3.63. The van der Waals surface area contributed by atoms with Crippen LogP contribution in [0.15, 0.2) is 12.7 Å². The SMILES string of the molecule is C=CC(=O)N1CCC2CCN(C)C2C1.Cl. The van der Waals surface area contributed by atoms with E-state index < -0.39 is 0 Å². The molecule has 0 aromatic rings. The maximum atomic E-state index is 11.5. The van der Waals surface area contributed by atoms with Gasteiger partial charge in [0.1, 0.15) is 0 Å². The fourth-order valence-corrected chi connectivity index (χ4v) is 2.68. The Bertz CT molecular complexity index is 257. The van der Waals surface area contributed by atoms with E-state index in [-0.39, 0.29) is 18.3 Å². The monoisotopic (exact) mass is 230 g/mol. The molecule has 0 radical (unpaired) electrons. The first-order valence-corrected chi connectivity index (χ1v) is 5.34. The van der Waals surface area contributed by atoms with E-state index in [1.807, 2.05) is 4.90 Å². The van der Waals surface area contributed by atoms with E-state index >= 15 is 0 Å². The molecule has 3 nitrogen and oxygen atoms in total. The molecule has 2 heterocycles. The minimum Gasteiger partial charge on any atom is -0.338 e. The van der Waals surface area contributed by atoms with E-state index in [1.54, 1.807) is 0 Å². The van der Waals surface area contributed by atoms with Crippen molar-refractivity contribution in [2.24, 2.45) is 5.92 Å². The molecule has 86 valence electrons. The third-order valence-corrected chi connectivity index (χ3v) is 3.63. The zero-order chi connectivity index (χ0) is 10.1. The third kappa shape index (κ3) is 2.34. The van der Waals surface area contributed by atoms with Crippen LogP contribution < -0.4 is 0 Å². The Morgan fingerprint density at radius 3 is 2.73 bits per heavy atom. The lowest BCUT2D eigenvalue weighted by atomic mass is 9.92. The average molecular weight is 231 g/mol. The van der Waals surface area contributed by atoms with Crippen LogP contribution in [0.1, 0.15) is 12.8 Å². The van der Waals surface area contributed by atoms with Crippen molar-refractivity contribution in [1.29, 1.82) is 0 Å². The van der Waals surface area contributed by atoms with Gasteiger partial charge in [-0.1, -0.05) is 6.58 Å². The molecule has 2 aliphatic heterocycles. The van der Waals surface area contributed by atoms with Crippen molar-refractivity contribution in [1.82, 2.24) is 9.80 Å². The van der Waals surface area contributed by atoms with Crippen LogP contribution in [0.5, 0.6) is 0 Å². The molecule has 15 heavy (non-hydrogen) atoms. The highest BCUT2D eigenvalue weighted by atomic mass is 35.5. The van der Waals surface area contributed by atoms with E-state index in [0.717, 1.165) is 25.4 Å². The quantitative estimate of drug-likeness (QED) is 0.631. The molecular formula is C11H19ClN2O. The second kappa shape index (κ2) is 4.99. The van der Waals surface area contributed by atoms with Gasteiger partial charge in [-0.15, -0.1) is 12.4 Å².